The second-order valence-electron chi connectivity index (χ2n) is 7.99. The minimum atomic E-state index is -0.684. The normalized spacial score (nSPS) is 22.7. The van der Waals surface area contributed by atoms with Crippen LogP contribution in [-0.4, -0.2) is 38.7 Å². The second kappa shape index (κ2) is 7.43. The van der Waals surface area contributed by atoms with Crippen molar-refractivity contribution in [1.29, 1.82) is 0 Å². The van der Waals surface area contributed by atoms with E-state index >= 15 is 0 Å². The van der Waals surface area contributed by atoms with E-state index in [1.807, 2.05) is 26.0 Å². The molecule has 0 N–H and O–H groups in total. The number of hydrogen-bond donors (Lipinski definition) is 0. The lowest BCUT2D eigenvalue weighted by Crippen LogP contribution is -2.51. The molecule has 0 aromatic carbocycles. The molecule has 1 saturated heterocycles. The van der Waals surface area contributed by atoms with Crippen LogP contribution >= 0.6 is 0 Å². The summed E-state index contributed by atoms with van der Waals surface area (Å²) >= 11 is 0. The number of amides is 1. The molecule has 0 radical (unpaired) electrons. The largest absolute Gasteiger partial charge is 0.354 e. The molecule has 0 saturated carbocycles. The van der Waals surface area contributed by atoms with Crippen LogP contribution in [0, 0.1) is 5.92 Å². The summed E-state index contributed by atoms with van der Waals surface area (Å²) in [6.07, 6.45) is 4.14. The molecule has 2 aromatic heterocycles. The summed E-state index contributed by atoms with van der Waals surface area (Å²) in [6.45, 7) is 8.84. The molecule has 1 fully saturated rings. The molecule has 0 bridgehead atoms. The van der Waals surface area contributed by atoms with Crippen LogP contribution in [0.4, 0.5) is 0 Å². The van der Waals surface area contributed by atoms with Crippen LogP contribution in [0.15, 0.2) is 29.2 Å². The molecule has 27 heavy (non-hydrogen) atoms. The third-order valence-corrected chi connectivity index (χ3v) is 5.54. The van der Waals surface area contributed by atoms with Crippen molar-refractivity contribution in [3.05, 3.63) is 40.3 Å². The zero-order valence-corrected chi connectivity index (χ0v) is 16.9. The fourth-order valence-corrected chi connectivity index (χ4v) is 3.82. The van der Waals surface area contributed by atoms with E-state index in [0.717, 1.165) is 24.6 Å². The van der Waals surface area contributed by atoms with E-state index in [9.17, 15) is 9.59 Å². The Morgan fingerprint density at radius 3 is 2.85 bits per heavy atom. The maximum atomic E-state index is 13.5. The molecule has 3 rings (SSSR count). The van der Waals surface area contributed by atoms with Crippen LogP contribution in [0.3, 0.4) is 0 Å². The van der Waals surface area contributed by atoms with Crippen molar-refractivity contribution in [2.75, 3.05) is 6.61 Å². The van der Waals surface area contributed by atoms with Crippen LogP contribution in [0.1, 0.15) is 57.3 Å². The van der Waals surface area contributed by atoms with Crippen molar-refractivity contribution in [3.8, 4) is 0 Å². The molecule has 146 valence electrons. The van der Waals surface area contributed by atoms with Gasteiger partial charge in [-0.05, 0) is 50.3 Å². The van der Waals surface area contributed by atoms with Gasteiger partial charge in [0, 0.05) is 18.6 Å². The van der Waals surface area contributed by atoms with Gasteiger partial charge < -0.3 is 9.64 Å². The number of ether oxygens (including phenoxy) is 1. The number of carbonyl (C=O) groups is 1. The number of fused-ring (bicyclic) bond motifs is 1. The average Bonchev–Trinajstić information content (AvgIpc) is 2.99. The van der Waals surface area contributed by atoms with Gasteiger partial charge in [-0.15, -0.1) is 0 Å². The van der Waals surface area contributed by atoms with E-state index in [0.29, 0.717) is 18.2 Å². The van der Waals surface area contributed by atoms with Crippen molar-refractivity contribution < 1.29 is 9.53 Å². The van der Waals surface area contributed by atoms with Crippen LogP contribution < -0.4 is 5.56 Å². The Morgan fingerprint density at radius 2 is 2.19 bits per heavy atom. The topological polar surface area (TPSA) is 64.4 Å². The molecular weight excluding hydrogens is 342 g/mol. The zero-order valence-electron chi connectivity index (χ0n) is 16.9. The van der Waals surface area contributed by atoms with Crippen molar-refractivity contribution in [3.63, 3.8) is 0 Å². The lowest BCUT2D eigenvalue weighted by atomic mass is 9.99. The van der Waals surface area contributed by atoms with Gasteiger partial charge in [-0.3, -0.25) is 14.2 Å². The third-order valence-electron chi connectivity index (χ3n) is 5.54. The summed E-state index contributed by atoms with van der Waals surface area (Å²) in [5, 5.41) is 0.778. The van der Waals surface area contributed by atoms with Gasteiger partial charge >= 0.3 is 0 Å². The molecule has 2 atom stereocenters. The number of carbonyl (C=O) groups excluding carboxylic acids is 1. The van der Waals surface area contributed by atoms with Gasteiger partial charge in [0.15, 0.2) is 0 Å². The maximum absolute atomic E-state index is 13.5. The summed E-state index contributed by atoms with van der Waals surface area (Å²) in [7, 11) is 1.66. The van der Waals surface area contributed by atoms with Crippen molar-refractivity contribution >= 4 is 16.9 Å². The second-order valence-corrected chi connectivity index (χ2v) is 7.99. The highest BCUT2D eigenvalue weighted by atomic mass is 16.5. The SMILES string of the molecule is CC[C@@H]1CO[C@@](C)(CCC(C)C)N1C(=O)c1cc2cccnc2n(C)c1=O. The minimum absolute atomic E-state index is 0.0241. The van der Waals surface area contributed by atoms with Gasteiger partial charge in [-0.25, -0.2) is 4.98 Å². The standard InChI is InChI=1S/C21H29N3O3/c1-6-16-13-27-21(4,10-9-14(2)3)24(16)20(26)17-12-15-8-7-11-22-18(15)23(5)19(17)25/h7-8,11-12,14,16H,6,9-10,13H2,1-5H3/t16-,21+/m1/s1. The highest BCUT2D eigenvalue weighted by Crippen LogP contribution is 2.35. The number of nitrogens with zero attached hydrogens (tertiary/aromatic N) is 3. The van der Waals surface area contributed by atoms with Crippen molar-refractivity contribution in [2.24, 2.45) is 13.0 Å². The van der Waals surface area contributed by atoms with E-state index in [1.54, 1.807) is 24.2 Å². The highest BCUT2D eigenvalue weighted by Gasteiger charge is 2.46. The van der Waals surface area contributed by atoms with Crippen LogP contribution in [-0.2, 0) is 11.8 Å². The van der Waals surface area contributed by atoms with Gasteiger partial charge in [0.1, 0.15) is 16.9 Å². The molecular formula is C21H29N3O3. The molecule has 0 aliphatic carbocycles. The predicted octanol–water partition coefficient (Wildman–Crippen LogP) is 3.34. The lowest BCUT2D eigenvalue weighted by Gasteiger charge is -2.37. The van der Waals surface area contributed by atoms with Crippen LogP contribution in [0.25, 0.3) is 11.0 Å². The monoisotopic (exact) mass is 371 g/mol. The molecule has 1 aliphatic heterocycles. The Bertz CT molecular complexity index is 905. The molecule has 1 aliphatic rings. The molecule has 6 nitrogen and oxygen atoms in total. The van der Waals surface area contributed by atoms with Gasteiger partial charge in [0.2, 0.25) is 0 Å². The fraction of sp³-hybridized carbons (Fsp3) is 0.571. The first-order valence-corrected chi connectivity index (χ1v) is 9.71. The lowest BCUT2D eigenvalue weighted by molar-refractivity contribution is -0.0641. The first kappa shape index (κ1) is 19.5. The fourth-order valence-electron chi connectivity index (χ4n) is 3.82. The Hall–Kier alpha value is -2.21. The van der Waals surface area contributed by atoms with E-state index < -0.39 is 5.72 Å². The van der Waals surface area contributed by atoms with Crippen molar-refractivity contribution in [2.45, 2.75) is 58.7 Å². The third kappa shape index (κ3) is 3.50. The van der Waals surface area contributed by atoms with Crippen molar-refractivity contribution in [1.82, 2.24) is 14.5 Å². The molecule has 3 heterocycles. The van der Waals surface area contributed by atoms with E-state index in [4.69, 9.17) is 4.74 Å². The first-order chi connectivity index (χ1) is 12.8. The summed E-state index contributed by atoms with van der Waals surface area (Å²) in [5.41, 5.74) is -0.250. The van der Waals surface area contributed by atoms with E-state index in [-0.39, 0.29) is 23.1 Å². The molecule has 1 amide bonds. The number of aromatic nitrogens is 2. The van der Waals surface area contributed by atoms with Gasteiger partial charge in [0.05, 0.1) is 12.6 Å². The number of hydrogen-bond acceptors (Lipinski definition) is 4. The number of pyridine rings is 2. The molecule has 2 aromatic rings. The smallest absolute Gasteiger partial charge is 0.264 e. The average molecular weight is 371 g/mol. The molecule has 0 unspecified atom stereocenters. The van der Waals surface area contributed by atoms with Gasteiger partial charge in [0.25, 0.3) is 11.5 Å². The Kier molecular flexibility index (Phi) is 5.38. The predicted molar refractivity (Wildman–Crippen MR) is 106 cm³/mol. The summed E-state index contributed by atoms with van der Waals surface area (Å²) in [4.78, 5) is 32.5. The van der Waals surface area contributed by atoms with Gasteiger partial charge in [-0.1, -0.05) is 20.8 Å². The number of aryl methyl sites for hydroxylation is 1. The summed E-state index contributed by atoms with van der Waals surface area (Å²) < 4.78 is 7.54. The van der Waals surface area contributed by atoms with Crippen LogP contribution in [0.2, 0.25) is 0 Å². The number of rotatable bonds is 5. The first-order valence-electron chi connectivity index (χ1n) is 9.71. The summed E-state index contributed by atoms with van der Waals surface area (Å²) in [6, 6.07) is 5.32. The highest BCUT2D eigenvalue weighted by molar-refractivity contribution is 5.97. The quantitative estimate of drug-likeness (QED) is 0.809. The Balaban J connectivity index is 2.05. The van der Waals surface area contributed by atoms with Gasteiger partial charge in [-0.2, -0.15) is 0 Å². The minimum Gasteiger partial charge on any atom is -0.354 e. The van der Waals surface area contributed by atoms with E-state index in [1.165, 1.54) is 4.57 Å². The van der Waals surface area contributed by atoms with Crippen LogP contribution in [0.5, 0.6) is 0 Å². The molecule has 6 heteroatoms. The summed E-state index contributed by atoms with van der Waals surface area (Å²) in [5.74, 6) is 0.264. The van der Waals surface area contributed by atoms with E-state index in [2.05, 4.69) is 18.8 Å². The zero-order chi connectivity index (χ0) is 19.8. The molecule has 0 spiro atoms. The maximum Gasteiger partial charge on any atom is 0.264 e. The Morgan fingerprint density at radius 1 is 1.44 bits per heavy atom. The Labute approximate surface area is 160 Å².